The van der Waals surface area contributed by atoms with Crippen LogP contribution in [0.5, 0.6) is 0 Å². The number of hydrogen-bond acceptors (Lipinski definition) is 2. The molecule has 80 valence electrons. The van der Waals surface area contributed by atoms with Crippen molar-refractivity contribution in [2.45, 2.75) is 44.6 Å². The molecule has 1 aliphatic heterocycles. The quantitative estimate of drug-likeness (QED) is 0.671. The summed E-state index contributed by atoms with van der Waals surface area (Å²) >= 11 is 0. The maximum absolute atomic E-state index is 11.1. The van der Waals surface area contributed by atoms with E-state index in [-0.39, 0.29) is 11.5 Å². The summed E-state index contributed by atoms with van der Waals surface area (Å²) < 4.78 is 0. The fourth-order valence-electron chi connectivity index (χ4n) is 3.03. The van der Waals surface area contributed by atoms with Crippen LogP contribution in [0.4, 0.5) is 0 Å². The zero-order chi connectivity index (χ0) is 10.2. The highest BCUT2D eigenvalue weighted by atomic mass is 16.4. The van der Waals surface area contributed by atoms with E-state index in [4.69, 9.17) is 5.11 Å². The van der Waals surface area contributed by atoms with Crippen LogP contribution < -0.4 is 5.32 Å². The third kappa shape index (κ3) is 1.54. The molecule has 2 rings (SSSR count). The molecular weight excluding hydrogens is 178 g/mol. The molecule has 1 atom stereocenters. The first-order valence-electron chi connectivity index (χ1n) is 5.62. The smallest absolute Gasteiger partial charge is 0.308 e. The normalized spacial score (nSPS) is 42.9. The summed E-state index contributed by atoms with van der Waals surface area (Å²) in [5, 5.41) is 12.6. The number of carbonyl (C=O) groups is 1. The maximum Gasteiger partial charge on any atom is 0.308 e. The molecular formula is C11H19NO2. The average Bonchev–Trinajstić information content (AvgIpc) is 2.55. The summed E-state index contributed by atoms with van der Waals surface area (Å²) in [6, 6.07) is 0. The number of carboxylic acid groups (broad SMARTS) is 1. The molecule has 3 nitrogen and oxygen atoms in total. The Balaban J connectivity index is 2.10. The van der Waals surface area contributed by atoms with E-state index in [2.05, 4.69) is 12.2 Å². The standard InChI is InChI=1S/C11H19NO2/c1-8-2-5-11(6-3-8)9(10(13)14)4-7-12-11/h8-9,12H,2-7H2,1H3,(H,13,14). The lowest BCUT2D eigenvalue weighted by Crippen LogP contribution is -2.49. The molecule has 1 unspecified atom stereocenters. The minimum absolute atomic E-state index is 0.0572. The molecule has 1 heterocycles. The molecule has 1 spiro atoms. The zero-order valence-electron chi connectivity index (χ0n) is 8.75. The van der Waals surface area contributed by atoms with Crippen molar-refractivity contribution < 1.29 is 9.90 Å². The Morgan fingerprint density at radius 2 is 2.00 bits per heavy atom. The Hall–Kier alpha value is -0.570. The number of aliphatic carboxylic acids is 1. The van der Waals surface area contributed by atoms with Crippen LogP contribution in [0.25, 0.3) is 0 Å². The zero-order valence-corrected chi connectivity index (χ0v) is 8.75. The van der Waals surface area contributed by atoms with Gasteiger partial charge in [0.1, 0.15) is 0 Å². The van der Waals surface area contributed by atoms with Gasteiger partial charge in [-0.05, 0) is 44.6 Å². The van der Waals surface area contributed by atoms with Gasteiger partial charge >= 0.3 is 5.97 Å². The van der Waals surface area contributed by atoms with Gasteiger partial charge in [-0.1, -0.05) is 6.92 Å². The predicted molar refractivity (Wildman–Crippen MR) is 54.1 cm³/mol. The molecule has 14 heavy (non-hydrogen) atoms. The van der Waals surface area contributed by atoms with Gasteiger partial charge < -0.3 is 10.4 Å². The highest BCUT2D eigenvalue weighted by Gasteiger charge is 2.47. The highest BCUT2D eigenvalue weighted by molar-refractivity contribution is 5.72. The van der Waals surface area contributed by atoms with Gasteiger partial charge in [-0.25, -0.2) is 0 Å². The maximum atomic E-state index is 11.1. The molecule has 0 amide bonds. The van der Waals surface area contributed by atoms with Gasteiger partial charge in [-0.3, -0.25) is 4.79 Å². The Labute approximate surface area is 84.9 Å². The van der Waals surface area contributed by atoms with Crippen LogP contribution in [-0.2, 0) is 4.79 Å². The second-order valence-corrected chi connectivity index (χ2v) is 4.94. The summed E-state index contributed by atoms with van der Waals surface area (Å²) in [7, 11) is 0. The van der Waals surface area contributed by atoms with Crippen LogP contribution in [0, 0.1) is 11.8 Å². The van der Waals surface area contributed by atoms with Crippen LogP contribution in [0.15, 0.2) is 0 Å². The van der Waals surface area contributed by atoms with E-state index >= 15 is 0 Å². The Bertz CT molecular complexity index is 231. The average molecular weight is 197 g/mol. The van der Waals surface area contributed by atoms with Crippen molar-refractivity contribution in [3.05, 3.63) is 0 Å². The number of hydrogen-bond donors (Lipinski definition) is 2. The topological polar surface area (TPSA) is 49.3 Å². The SMILES string of the molecule is CC1CCC2(CC1)NCCC2C(=O)O. The molecule has 0 aromatic carbocycles. The highest BCUT2D eigenvalue weighted by Crippen LogP contribution is 2.41. The van der Waals surface area contributed by atoms with Crippen molar-refractivity contribution >= 4 is 5.97 Å². The Morgan fingerprint density at radius 3 is 2.57 bits per heavy atom. The largest absolute Gasteiger partial charge is 0.481 e. The summed E-state index contributed by atoms with van der Waals surface area (Å²) in [6.07, 6.45) is 5.26. The van der Waals surface area contributed by atoms with Crippen LogP contribution in [-0.4, -0.2) is 23.2 Å². The Morgan fingerprint density at radius 1 is 1.36 bits per heavy atom. The first kappa shape index (κ1) is 9.97. The van der Waals surface area contributed by atoms with E-state index in [0.29, 0.717) is 0 Å². The van der Waals surface area contributed by atoms with Crippen LogP contribution in [0.1, 0.15) is 39.0 Å². The van der Waals surface area contributed by atoms with Gasteiger partial charge in [0.05, 0.1) is 5.92 Å². The van der Waals surface area contributed by atoms with E-state index in [1.54, 1.807) is 0 Å². The fourth-order valence-corrected chi connectivity index (χ4v) is 3.03. The predicted octanol–water partition coefficient (Wildman–Crippen LogP) is 1.63. The van der Waals surface area contributed by atoms with Crippen molar-refractivity contribution in [2.75, 3.05) is 6.54 Å². The van der Waals surface area contributed by atoms with E-state index in [0.717, 1.165) is 31.7 Å². The van der Waals surface area contributed by atoms with Crippen LogP contribution >= 0.6 is 0 Å². The van der Waals surface area contributed by atoms with Gasteiger partial charge in [0, 0.05) is 5.54 Å². The monoisotopic (exact) mass is 197 g/mol. The molecule has 1 saturated carbocycles. The summed E-state index contributed by atoms with van der Waals surface area (Å²) in [5.41, 5.74) is -0.0572. The summed E-state index contributed by atoms with van der Waals surface area (Å²) in [5.74, 6) is 0.0250. The van der Waals surface area contributed by atoms with Crippen LogP contribution in [0.2, 0.25) is 0 Å². The molecule has 0 bridgehead atoms. The van der Waals surface area contributed by atoms with Crippen molar-refractivity contribution in [3.8, 4) is 0 Å². The molecule has 3 heteroatoms. The molecule has 1 saturated heterocycles. The van der Waals surface area contributed by atoms with Gasteiger partial charge in [0.25, 0.3) is 0 Å². The number of rotatable bonds is 1. The molecule has 0 aromatic rings. The number of nitrogens with one attached hydrogen (secondary N) is 1. The minimum Gasteiger partial charge on any atom is -0.481 e. The van der Waals surface area contributed by atoms with E-state index in [9.17, 15) is 4.79 Å². The van der Waals surface area contributed by atoms with Crippen molar-refractivity contribution in [1.29, 1.82) is 0 Å². The van der Waals surface area contributed by atoms with Crippen molar-refractivity contribution in [2.24, 2.45) is 11.8 Å². The lowest BCUT2D eigenvalue weighted by atomic mass is 9.71. The fraction of sp³-hybridized carbons (Fsp3) is 0.909. The van der Waals surface area contributed by atoms with E-state index < -0.39 is 5.97 Å². The molecule has 0 radical (unpaired) electrons. The molecule has 2 aliphatic rings. The summed E-state index contributed by atoms with van der Waals surface area (Å²) in [6.45, 7) is 3.14. The molecule has 0 aromatic heterocycles. The molecule has 2 N–H and O–H groups in total. The Kier molecular flexibility index (Phi) is 2.52. The molecule has 2 fully saturated rings. The van der Waals surface area contributed by atoms with Crippen LogP contribution in [0.3, 0.4) is 0 Å². The third-order valence-corrected chi connectivity index (χ3v) is 4.04. The first-order chi connectivity index (χ1) is 6.64. The van der Waals surface area contributed by atoms with Crippen molar-refractivity contribution in [1.82, 2.24) is 5.32 Å². The first-order valence-corrected chi connectivity index (χ1v) is 5.62. The van der Waals surface area contributed by atoms with Gasteiger partial charge in [0.15, 0.2) is 0 Å². The summed E-state index contributed by atoms with van der Waals surface area (Å²) in [4.78, 5) is 11.1. The third-order valence-electron chi connectivity index (χ3n) is 4.04. The molecule has 1 aliphatic carbocycles. The number of carboxylic acids is 1. The van der Waals surface area contributed by atoms with Gasteiger partial charge in [-0.15, -0.1) is 0 Å². The lowest BCUT2D eigenvalue weighted by molar-refractivity contribution is -0.144. The van der Waals surface area contributed by atoms with E-state index in [1.165, 1.54) is 12.8 Å². The lowest BCUT2D eigenvalue weighted by Gasteiger charge is -2.39. The minimum atomic E-state index is -0.607. The van der Waals surface area contributed by atoms with Gasteiger partial charge in [0.2, 0.25) is 0 Å². The van der Waals surface area contributed by atoms with E-state index in [1.807, 2.05) is 0 Å². The van der Waals surface area contributed by atoms with Crippen molar-refractivity contribution in [3.63, 3.8) is 0 Å². The second kappa shape index (κ2) is 3.54. The van der Waals surface area contributed by atoms with Gasteiger partial charge in [-0.2, -0.15) is 0 Å². The second-order valence-electron chi connectivity index (χ2n) is 4.94.